The van der Waals surface area contributed by atoms with Crippen molar-refractivity contribution in [2.45, 2.75) is 439 Å². The molecule has 0 rings (SSSR count). The molecule has 6 atom stereocenters. The summed E-state index contributed by atoms with van der Waals surface area (Å²) in [4.78, 5) is 73.0. The van der Waals surface area contributed by atoms with Gasteiger partial charge in [-0.3, -0.25) is 37.3 Å². The summed E-state index contributed by atoms with van der Waals surface area (Å²) in [5.41, 5.74) is 0. The smallest absolute Gasteiger partial charge is 0.462 e. The number of hydrogen-bond donors (Lipinski definition) is 3. The third-order valence-electron chi connectivity index (χ3n) is 19.2. The van der Waals surface area contributed by atoms with Crippen LogP contribution in [-0.4, -0.2) is 96.7 Å². The van der Waals surface area contributed by atoms with Crippen molar-refractivity contribution in [1.29, 1.82) is 0 Å². The molecule has 0 aromatic rings. The molecule has 0 aliphatic carbocycles. The van der Waals surface area contributed by atoms with E-state index in [0.717, 1.165) is 114 Å². The second-order valence-corrected chi connectivity index (χ2v) is 33.3. The van der Waals surface area contributed by atoms with E-state index in [1.807, 2.05) is 0 Å². The summed E-state index contributed by atoms with van der Waals surface area (Å²) in [5, 5.41) is 10.6. The molecule has 0 amide bonds. The standard InChI is InChI=1S/C81H158O17P2/c1-8-10-11-12-13-14-15-16-24-31-36-41-50-57-64-81(86)98-77(69-92-79(84)63-56-49-44-43-47-54-61-74(7)9-2)71-96-100(89,90)94-67-75(82)66-93-99(87,88)95-70-76(68-91-78(83)62-55-48-40-35-30-27-26-29-34-39-46-53-60-73(5)6)97-80(85)65-58-51-42-37-32-25-22-20-18-17-19-21-23-28-33-38-45-52-59-72(3)4/h72-77,82H,8-71H2,1-7H3,(H,87,88)(H,89,90)/t74?,75-,76-,77-/m1/s1. The number of rotatable bonds is 79. The Hall–Kier alpha value is -1.94. The summed E-state index contributed by atoms with van der Waals surface area (Å²) in [7, 11) is -9.92. The lowest BCUT2D eigenvalue weighted by molar-refractivity contribution is -0.161. The highest BCUT2D eigenvalue weighted by molar-refractivity contribution is 7.47. The van der Waals surface area contributed by atoms with Crippen LogP contribution in [0, 0.1) is 17.8 Å². The zero-order chi connectivity index (χ0) is 73.7. The van der Waals surface area contributed by atoms with Gasteiger partial charge in [0.15, 0.2) is 12.2 Å². The third-order valence-corrected chi connectivity index (χ3v) is 21.1. The van der Waals surface area contributed by atoms with Crippen molar-refractivity contribution >= 4 is 39.5 Å². The highest BCUT2D eigenvalue weighted by Gasteiger charge is 2.30. The lowest BCUT2D eigenvalue weighted by atomic mass is 10.00. The number of phosphoric ester groups is 2. The van der Waals surface area contributed by atoms with Crippen LogP contribution >= 0.6 is 15.6 Å². The van der Waals surface area contributed by atoms with E-state index >= 15 is 0 Å². The summed E-state index contributed by atoms with van der Waals surface area (Å²) >= 11 is 0. The van der Waals surface area contributed by atoms with Gasteiger partial charge in [0.1, 0.15) is 19.3 Å². The Morgan fingerprint density at radius 3 is 0.760 bits per heavy atom. The zero-order valence-corrected chi connectivity index (χ0v) is 67.5. The molecule has 0 bridgehead atoms. The largest absolute Gasteiger partial charge is 0.472 e. The predicted molar refractivity (Wildman–Crippen MR) is 409 cm³/mol. The van der Waals surface area contributed by atoms with Crippen LogP contribution in [0.5, 0.6) is 0 Å². The highest BCUT2D eigenvalue weighted by atomic mass is 31.2. The first-order valence-corrected chi connectivity index (χ1v) is 44.9. The van der Waals surface area contributed by atoms with Crippen LogP contribution in [0.1, 0.15) is 421 Å². The second kappa shape index (κ2) is 71.3. The number of phosphoric acid groups is 2. The topological polar surface area (TPSA) is 237 Å². The van der Waals surface area contributed by atoms with Gasteiger partial charge in [-0.05, 0) is 43.4 Å². The van der Waals surface area contributed by atoms with Crippen molar-refractivity contribution in [2.75, 3.05) is 39.6 Å². The van der Waals surface area contributed by atoms with Gasteiger partial charge in [-0.2, -0.15) is 0 Å². The maximum Gasteiger partial charge on any atom is 0.472 e. The van der Waals surface area contributed by atoms with Crippen LogP contribution in [0.4, 0.5) is 0 Å². The van der Waals surface area contributed by atoms with Gasteiger partial charge in [0.05, 0.1) is 26.4 Å². The SMILES string of the molecule is CCCCCCCCCCCCCCCCC(=O)O[C@H](COC(=O)CCCCCCCCC(C)CC)COP(=O)(O)OC[C@H](O)COP(=O)(O)OC[C@@H](COC(=O)CCCCCCCCCCCCCCC(C)C)OC(=O)CCCCCCCCCCCCCCCCCCCCC(C)C. The molecule has 0 aliphatic rings. The van der Waals surface area contributed by atoms with E-state index in [-0.39, 0.29) is 25.7 Å². The summed E-state index contributed by atoms with van der Waals surface area (Å²) in [6, 6.07) is 0. The molecule has 17 nitrogen and oxygen atoms in total. The van der Waals surface area contributed by atoms with E-state index < -0.39 is 97.5 Å². The van der Waals surface area contributed by atoms with Crippen LogP contribution in [0.2, 0.25) is 0 Å². The fourth-order valence-corrected chi connectivity index (χ4v) is 14.0. The van der Waals surface area contributed by atoms with Gasteiger partial charge in [-0.1, -0.05) is 370 Å². The second-order valence-electron chi connectivity index (χ2n) is 30.4. The van der Waals surface area contributed by atoms with E-state index in [1.165, 1.54) is 225 Å². The quantitative estimate of drug-likeness (QED) is 0.0222. The van der Waals surface area contributed by atoms with Crippen LogP contribution in [0.15, 0.2) is 0 Å². The van der Waals surface area contributed by atoms with Gasteiger partial charge >= 0.3 is 39.5 Å². The lowest BCUT2D eigenvalue weighted by Gasteiger charge is -2.21. The number of hydrogen-bond acceptors (Lipinski definition) is 15. The Labute approximate surface area is 613 Å². The van der Waals surface area contributed by atoms with Crippen LogP contribution in [0.25, 0.3) is 0 Å². The lowest BCUT2D eigenvalue weighted by Crippen LogP contribution is -2.30. The fourth-order valence-electron chi connectivity index (χ4n) is 12.5. The van der Waals surface area contributed by atoms with E-state index in [1.54, 1.807) is 0 Å². The van der Waals surface area contributed by atoms with Crippen molar-refractivity contribution in [1.82, 2.24) is 0 Å². The van der Waals surface area contributed by atoms with Gasteiger partial charge < -0.3 is 33.8 Å². The number of ether oxygens (including phenoxy) is 4. The molecule has 0 aliphatic heterocycles. The number of unbranched alkanes of at least 4 members (excludes halogenated alkanes) is 46. The van der Waals surface area contributed by atoms with Crippen molar-refractivity contribution < 1.29 is 80.2 Å². The summed E-state index contributed by atoms with van der Waals surface area (Å²) in [6.07, 6.45) is 59.7. The number of aliphatic hydroxyl groups excluding tert-OH is 1. The monoisotopic (exact) mass is 1470 g/mol. The zero-order valence-electron chi connectivity index (χ0n) is 65.7. The summed E-state index contributed by atoms with van der Waals surface area (Å²) in [5.74, 6) is 0.222. The molecule has 0 saturated carbocycles. The molecule has 100 heavy (non-hydrogen) atoms. The number of carbonyl (C=O) groups is 4. The minimum Gasteiger partial charge on any atom is -0.462 e. The van der Waals surface area contributed by atoms with Crippen molar-refractivity contribution in [3.63, 3.8) is 0 Å². The molecule has 0 radical (unpaired) electrons. The Kier molecular flexibility index (Phi) is 69.9. The Bertz CT molecular complexity index is 1940. The molecule has 594 valence electrons. The van der Waals surface area contributed by atoms with Gasteiger partial charge in [0, 0.05) is 25.7 Å². The minimum atomic E-state index is -4.96. The molecule has 0 heterocycles. The molecule has 0 aromatic heterocycles. The van der Waals surface area contributed by atoms with E-state index in [9.17, 15) is 43.2 Å². The number of carbonyl (C=O) groups excluding carboxylic acids is 4. The molecular weight excluding hydrogens is 1310 g/mol. The fraction of sp³-hybridized carbons (Fsp3) is 0.951. The van der Waals surface area contributed by atoms with Crippen molar-refractivity contribution in [3.05, 3.63) is 0 Å². The minimum absolute atomic E-state index is 0.107. The van der Waals surface area contributed by atoms with Crippen LogP contribution < -0.4 is 0 Å². The molecule has 0 fully saturated rings. The molecule has 3 N–H and O–H groups in total. The molecule has 19 heteroatoms. The van der Waals surface area contributed by atoms with E-state index in [2.05, 4.69) is 48.5 Å². The summed E-state index contributed by atoms with van der Waals surface area (Å²) in [6.45, 7) is 11.9. The van der Waals surface area contributed by atoms with Gasteiger partial charge in [-0.15, -0.1) is 0 Å². The molecule has 0 spiro atoms. The van der Waals surface area contributed by atoms with Crippen molar-refractivity contribution in [2.24, 2.45) is 17.8 Å². The van der Waals surface area contributed by atoms with Gasteiger partial charge in [0.2, 0.25) is 0 Å². The normalized spacial score (nSPS) is 14.2. The first-order chi connectivity index (χ1) is 48.3. The average Bonchev–Trinajstić information content (AvgIpc) is 0.971. The molecule has 3 unspecified atom stereocenters. The molecule has 0 aromatic carbocycles. The molecular formula is C81H158O17P2. The number of esters is 4. The average molecular weight is 1470 g/mol. The predicted octanol–water partition coefficient (Wildman–Crippen LogP) is 24.1. The Morgan fingerprint density at radius 1 is 0.290 bits per heavy atom. The maximum atomic E-state index is 13.1. The summed E-state index contributed by atoms with van der Waals surface area (Å²) < 4.78 is 68.7. The van der Waals surface area contributed by atoms with Crippen LogP contribution in [0.3, 0.4) is 0 Å². The van der Waals surface area contributed by atoms with Gasteiger partial charge in [0.25, 0.3) is 0 Å². The van der Waals surface area contributed by atoms with E-state index in [0.29, 0.717) is 25.7 Å². The Balaban J connectivity index is 5.23. The highest BCUT2D eigenvalue weighted by Crippen LogP contribution is 2.45. The third kappa shape index (κ3) is 73.0. The van der Waals surface area contributed by atoms with Gasteiger partial charge in [-0.25, -0.2) is 9.13 Å². The first-order valence-electron chi connectivity index (χ1n) is 41.9. The Morgan fingerprint density at radius 2 is 0.510 bits per heavy atom. The van der Waals surface area contributed by atoms with Crippen LogP contribution in [-0.2, 0) is 65.4 Å². The van der Waals surface area contributed by atoms with Crippen molar-refractivity contribution in [3.8, 4) is 0 Å². The molecule has 0 saturated heterocycles. The van der Waals surface area contributed by atoms with E-state index in [4.69, 9.17) is 37.0 Å². The maximum absolute atomic E-state index is 13.1. The first kappa shape index (κ1) is 98.1. The number of aliphatic hydroxyl groups is 1.